The Labute approximate surface area is 141 Å². The summed E-state index contributed by atoms with van der Waals surface area (Å²) in [7, 11) is 0. The monoisotopic (exact) mass is 327 g/mol. The Hall–Kier alpha value is -2.69. The lowest BCUT2D eigenvalue weighted by Gasteiger charge is -2.25. The predicted octanol–water partition coefficient (Wildman–Crippen LogP) is 2.58. The van der Waals surface area contributed by atoms with Gasteiger partial charge < -0.3 is 19.5 Å². The van der Waals surface area contributed by atoms with Crippen LogP contribution in [0, 0.1) is 0 Å². The summed E-state index contributed by atoms with van der Waals surface area (Å²) >= 11 is 0. The van der Waals surface area contributed by atoms with Crippen molar-refractivity contribution in [3.8, 4) is 17.2 Å². The zero-order valence-corrected chi connectivity index (χ0v) is 13.7. The van der Waals surface area contributed by atoms with E-state index in [0.717, 1.165) is 12.2 Å². The van der Waals surface area contributed by atoms with Crippen molar-refractivity contribution in [1.82, 2.24) is 5.32 Å². The lowest BCUT2D eigenvalue weighted by molar-refractivity contribution is -0.130. The van der Waals surface area contributed by atoms with Gasteiger partial charge in [0.15, 0.2) is 11.5 Å². The van der Waals surface area contributed by atoms with Crippen LogP contribution in [-0.4, -0.2) is 31.8 Å². The van der Waals surface area contributed by atoms with Crippen LogP contribution < -0.4 is 19.5 Å². The van der Waals surface area contributed by atoms with E-state index in [2.05, 4.69) is 12.2 Å². The summed E-state index contributed by atoms with van der Waals surface area (Å²) in [6, 6.07) is 15.3. The summed E-state index contributed by atoms with van der Waals surface area (Å²) in [6.45, 7) is 3.14. The van der Waals surface area contributed by atoms with Gasteiger partial charge in [-0.15, -0.1) is 0 Å². The number of ether oxygens (including phenoxy) is 3. The third kappa shape index (κ3) is 3.98. The molecule has 0 aliphatic carbocycles. The number of carbonyl (C=O) groups excluding carboxylic acids is 1. The number of hydrogen-bond donors (Lipinski definition) is 1. The van der Waals surface area contributed by atoms with Crippen LogP contribution in [0.25, 0.3) is 0 Å². The van der Waals surface area contributed by atoms with Crippen LogP contribution in [0.4, 0.5) is 0 Å². The van der Waals surface area contributed by atoms with E-state index in [-0.39, 0.29) is 12.5 Å². The number of rotatable bonds is 6. The minimum absolute atomic E-state index is 0.200. The summed E-state index contributed by atoms with van der Waals surface area (Å²) in [5.41, 5.74) is 1.27. The molecule has 0 bridgehead atoms. The van der Waals surface area contributed by atoms with Crippen molar-refractivity contribution in [2.75, 3.05) is 19.8 Å². The first-order valence-corrected chi connectivity index (χ1v) is 8.14. The number of nitrogens with one attached hydrogen (secondary N) is 1. The van der Waals surface area contributed by atoms with Crippen LogP contribution in [0.5, 0.6) is 17.2 Å². The molecule has 126 valence electrons. The van der Waals surface area contributed by atoms with Crippen molar-refractivity contribution >= 4 is 5.91 Å². The number of fused-ring (bicyclic) bond motifs is 1. The molecule has 1 atom stereocenters. The summed E-state index contributed by atoms with van der Waals surface area (Å²) in [6.07, 6.45) is 0.367. The number of para-hydroxylation sites is 2. The van der Waals surface area contributed by atoms with Gasteiger partial charge in [0.25, 0.3) is 5.91 Å². The van der Waals surface area contributed by atoms with Crippen LogP contribution in [0.15, 0.2) is 48.5 Å². The summed E-state index contributed by atoms with van der Waals surface area (Å²) in [4.78, 5) is 12.1. The van der Waals surface area contributed by atoms with E-state index >= 15 is 0 Å². The van der Waals surface area contributed by atoms with Crippen molar-refractivity contribution < 1.29 is 19.0 Å². The molecule has 2 aromatic carbocycles. The van der Waals surface area contributed by atoms with E-state index in [0.29, 0.717) is 24.7 Å². The third-order valence-electron chi connectivity index (χ3n) is 3.80. The van der Waals surface area contributed by atoms with Crippen LogP contribution in [0.1, 0.15) is 12.5 Å². The first kappa shape index (κ1) is 16.2. The van der Waals surface area contributed by atoms with Gasteiger partial charge in [0.05, 0.1) is 6.54 Å². The molecule has 0 fully saturated rings. The lowest BCUT2D eigenvalue weighted by Crippen LogP contribution is -2.45. The molecular formula is C19H21NO4. The third-order valence-corrected chi connectivity index (χ3v) is 3.80. The molecule has 3 rings (SSSR count). The van der Waals surface area contributed by atoms with E-state index in [1.54, 1.807) is 6.07 Å². The van der Waals surface area contributed by atoms with Crippen LogP contribution >= 0.6 is 0 Å². The minimum atomic E-state index is -0.635. The van der Waals surface area contributed by atoms with Gasteiger partial charge >= 0.3 is 0 Å². The summed E-state index contributed by atoms with van der Waals surface area (Å²) in [5, 5.41) is 2.81. The van der Waals surface area contributed by atoms with E-state index in [9.17, 15) is 4.79 Å². The summed E-state index contributed by atoms with van der Waals surface area (Å²) < 4.78 is 16.8. The highest BCUT2D eigenvalue weighted by Crippen LogP contribution is 2.30. The maximum atomic E-state index is 12.1. The van der Waals surface area contributed by atoms with Gasteiger partial charge in [-0.3, -0.25) is 4.79 Å². The maximum absolute atomic E-state index is 12.1. The van der Waals surface area contributed by atoms with Gasteiger partial charge in [-0.25, -0.2) is 0 Å². The Morgan fingerprint density at radius 2 is 1.92 bits per heavy atom. The highest BCUT2D eigenvalue weighted by Gasteiger charge is 2.26. The molecule has 2 aromatic rings. The average molecular weight is 327 g/mol. The van der Waals surface area contributed by atoms with Crippen molar-refractivity contribution in [3.05, 3.63) is 54.1 Å². The van der Waals surface area contributed by atoms with Crippen molar-refractivity contribution in [2.45, 2.75) is 19.4 Å². The number of benzene rings is 2. The second-order valence-corrected chi connectivity index (χ2v) is 5.50. The predicted molar refractivity (Wildman–Crippen MR) is 90.7 cm³/mol. The lowest BCUT2D eigenvalue weighted by atomic mass is 10.2. The molecule has 5 nitrogen and oxygen atoms in total. The van der Waals surface area contributed by atoms with E-state index in [4.69, 9.17) is 14.2 Å². The molecule has 24 heavy (non-hydrogen) atoms. The Kier molecular flexibility index (Phi) is 5.21. The Balaban J connectivity index is 1.41. The van der Waals surface area contributed by atoms with E-state index in [1.165, 1.54) is 5.56 Å². The highest BCUT2D eigenvalue weighted by atomic mass is 16.6. The molecule has 0 aromatic heterocycles. The Morgan fingerprint density at radius 1 is 1.17 bits per heavy atom. The van der Waals surface area contributed by atoms with Gasteiger partial charge in [-0.05, 0) is 36.2 Å². The maximum Gasteiger partial charge on any atom is 0.264 e. The van der Waals surface area contributed by atoms with Crippen molar-refractivity contribution in [2.24, 2.45) is 0 Å². The zero-order chi connectivity index (χ0) is 16.8. The Bertz CT molecular complexity index is 684. The SMILES string of the molecule is CCc1ccc(OCCNC(=O)[C@H]2COc3ccccc3O2)cc1. The molecular weight excluding hydrogens is 306 g/mol. The van der Waals surface area contributed by atoms with E-state index < -0.39 is 6.10 Å². The molecule has 0 spiro atoms. The molecule has 0 radical (unpaired) electrons. The molecule has 1 N–H and O–H groups in total. The van der Waals surface area contributed by atoms with Crippen LogP contribution in [-0.2, 0) is 11.2 Å². The van der Waals surface area contributed by atoms with Gasteiger partial charge in [-0.2, -0.15) is 0 Å². The first-order valence-electron chi connectivity index (χ1n) is 8.14. The summed E-state index contributed by atoms with van der Waals surface area (Å²) in [5.74, 6) is 1.86. The average Bonchev–Trinajstić information content (AvgIpc) is 2.65. The fraction of sp³-hybridized carbons (Fsp3) is 0.316. The normalized spacial score (nSPS) is 15.6. The van der Waals surface area contributed by atoms with Crippen LogP contribution in [0.3, 0.4) is 0 Å². The highest BCUT2D eigenvalue weighted by molar-refractivity contribution is 5.81. The largest absolute Gasteiger partial charge is 0.492 e. The van der Waals surface area contributed by atoms with Crippen molar-refractivity contribution in [3.63, 3.8) is 0 Å². The molecule has 1 aliphatic heterocycles. The molecule has 1 aliphatic rings. The second kappa shape index (κ2) is 7.73. The van der Waals surface area contributed by atoms with Crippen molar-refractivity contribution in [1.29, 1.82) is 0 Å². The first-order chi connectivity index (χ1) is 11.8. The second-order valence-electron chi connectivity index (χ2n) is 5.50. The molecule has 0 unspecified atom stereocenters. The van der Waals surface area contributed by atoms with Gasteiger partial charge in [-0.1, -0.05) is 31.2 Å². The molecule has 0 saturated heterocycles. The number of carbonyl (C=O) groups is 1. The van der Waals surface area contributed by atoms with Crippen LogP contribution in [0.2, 0.25) is 0 Å². The Morgan fingerprint density at radius 3 is 2.67 bits per heavy atom. The minimum Gasteiger partial charge on any atom is -0.492 e. The quantitative estimate of drug-likeness (QED) is 0.829. The fourth-order valence-electron chi connectivity index (χ4n) is 2.43. The zero-order valence-electron chi connectivity index (χ0n) is 13.7. The van der Waals surface area contributed by atoms with Gasteiger partial charge in [0.1, 0.15) is 19.0 Å². The smallest absolute Gasteiger partial charge is 0.264 e. The van der Waals surface area contributed by atoms with Gasteiger partial charge in [0, 0.05) is 0 Å². The fourth-order valence-corrected chi connectivity index (χ4v) is 2.43. The molecule has 5 heteroatoms. The number of amides is 1. The molecule has 0 saturated carbocycles. The standard InChI is InChI=1S/C19H21NO4/c1-2-14-7-9-15(10-8-14)22-12-11-20-19(21)18-13-23-16-5-3-4-6-17(16)24-18/h3-10,18H,2,11-13H2,1H3,(H,20,21)/t18-/m1/s1. The molecule has 1 amide bonds. The molecule has 1 heterocycles. The van der Waals surface area contributed by atoms with E-state index in [1.807, 2.05) is 42.5 Å². The topological polar surface area (TPSA) is 56.8 Å². The number of aryl methyl sites for hydroxylation is 1. The van der Waals surface area contributed by atoms with Gasteiger partial charge in [0.2, 0.25) is 6.10 Å². The number of hydrogen-bond acceptors (Lipinski definition) is 4.